The summed E-state index contributed by atoms with van der Waals surface area (Å²) in [5, 5.41) is 1.21. The molecule has 0 aliphatic heterocycles. The van der Waals surface area contributed by atoms with Crippen LogP contribution < -0.4 is 10.3 Å². The van der Waals surface area contributed by atoms with Gasteiger partial charge < -0.3 is 4.57 Å². The summed E-state index contributed by atoms with van der Waals surface area (Å²) in [5.74, 6) is -0.410. The number of nitrogens with one attached hydrogen (secondary N) is 1. The third-order valence-corrected chi connectivity index (χ3v) is 6.99. The third kappa shape index (κ3) is 4.78. The molecule has 0 radical (unpaired) electrons. The minimum absolute atomic E-state index is 0.0338. The molecule has 33 heavy (non-hydrogen) atoms. The van der Waals surface area contributed by atoms with E-state index in [2.05, 4.69) is 9.71 Å². The van der Waals surface area contributed by atoms with E-state index in [0.717, 1.165) is 5.56 Å². The van der Waals surface area contributed by atoms with Gasteiger partial charge in [-0.05, 0) is 55.0 Å². The number of halogens is 2. The van der Waals surface area contributed by atoms with Gasteiger partial charge in [-0.25, -0.2) is 13.1 Å². The highest BCUT2D eigenvalue weighted by Gasteiger charge is 2.20. The van der Waals surface area contributed by atoms with Gasteiger partial charge in [0.25, 0.3) is 21.5 Å². The SMILES string of the molecule is Cc1nc(=O)c2ccc(C(=O)NS(=O)(=O)c3ccccc3)cc2n1Cc1ccc(Cl)cc1Cl. The maximum Gasteiger partial charge on any atom is 0.280 e. The van der Waals surface area contributed by atoms with Crippen molar-refractivity contribution in [2.75, 3.05) is 0 Å². The van der Waals surface area contributed by atoms with Crippen molar-refractivity contribution in [3.63, 3.8) is 0 Å². The van der Waals surface area contributed by atoms with E-state index in [-0.39, 0.29) is 22.4 Å². The fraction of sp³-hybridized carbons (Fsp3) is 0.0870. The first kappa shape index (κ1) is 23.0. The third-order valence-electron chi connectivity index (χ3n) is 5.06. The first-order chi connectivity index (χ1) is 15.7. The molecule has 10 heteroatoms. The number of sulfonamides is 1. The van der Waals surface area contributed by atoms with Gasteiger partial charge in [-0.15, -0.1) is 0 Å². The van der Waals surface area contributed by atoms with Gasteiger partial charge in [-0.2, -0.15) is 4.98 Å². The van der Waals surface area contributed by atoms with Crippen molar-refractivity contribution in [3.05, 3.63) is 104 Å². The number of rotatable bonds is 5. The van der Waals surface area contributed by atoms with Crippen LogP contribution in [0.25, 0.3) is 10.9 Å². The monoisotopic (exact) mass is 501 g/mol. The average Bonchev–Trinajstić information content (AvgIpc) is 2.78. The molecular formula is C23H17Cl2N3O4S. The van der Waals surface area contributed by atoms with Crippen LogP contribution >= 0.6 is 23.2 Å². The van der Waals surface area contributed by atoms with Gasteiger partial charge in [-0.1, -0.05) is 47.5 Å². The largest absolute Gasteiger partial charge is 0.325 e. The number of carbonyl (C=O) groups is 1. The Labute approximate surface area is 199 Å². The van der Waals surface area contributed by atoms with Crippen LogP contribution in [0.5, 0.6) is 0 Å². The fourth-order valence-corrected chi connectivity index (χ4v) is 4.84. The normalized spacial score (nSPS) is 11.5. The molecule has 0 aliphatic rings. The lowest BCUT2D eigenvalue weighted by Crippen LogP contribution is -2.30. The Hall–Kier alpha value is -3.20. The summed E-state index contributed by atoms with van der Waals surface area (Å²) in [7, 11) is -4.06. The molecule has 0 bridgehead atoms. The molecule has 4 aromatic rings. The molecule has 0 saturated heterocycles. The highest BCUT2D eigenvalue weighted by atomic mass is 35.5. The summed E-state index contributed by atoms with van der Waals surface area (Å²) in [6, 6.07) is 16.9. The highest BCUT2D eigenvalue weighted by Crippen LogP contribution is 2.24. The molecule has 1 amide bonds. The molecule has 1 heterocycles. The van der Waals surface area contributed by atoms with Crippen molar-refractivity contribution in [1.82, 2.24) is 14.3 Å². The zero-order valence-electron chi connectivity index (χ0n) is 17.2. The average molecular weight is 502 g/mol. The van der Waals surface area contributed by atoms with E-state index in [0.29, 0.717) is 21.4 Å². The standard InChI is InChI=1S/C23H17Cl2N3O4S/c1-14-26-23(30)19-10-8-15(22(29)27-33(31,32)18-5-3-2-4-6-18)11-21(19)28(14)13-16-7-9-17(24)12-20(16)25/h2-12H,13H2,1H3,(H,27,29). The molecule has 0 atom stereocenters. The minimum Gasteiger partial charge on any atom is -0.325 e. The molecule has 0 spiro atoms. The molecular weight excluding hydrogens is 485 g/mol. The summed E-state index contributed by atoms with van der Waals surface area (Å²) < 4.78 is 28.9. The number of carbonyl (C=O) groups excluding carboxylic acids is 1. The van der Waals surface area contributed by atoms with E-state index in [1.54, 1.807) is 47.9 Å². The number of hydrogen-bond donors (Lipinski definition) is 1. The molecule has 4 rings (SSSR count). The Bertz CT molecular complexity index is 1550. The van der Waals surface area contributed by atoms with Gasteiger partial charge >= 0.3 is 0 Å². The topological polar surface area (TPSA) is 98.1 Å². The van der Waals surface area contributed by atoms with Crippen LogP contribution in [0.1, 0.15) is 21.7 Å². The van der Waals surface area contributed by atoms with Crippen LogP contribution in [0, 0.1) is 6.92 Å². The van der Waals surface area contributed by atoms with Gasteiger partial charge in [0, 0.05) is 15.6 Å². The van der Waals surface area contributed by atoms with Crippen LogP contribution in [-0.2, 0) is 16.6 Å². The lowest BCUT2D eigenvalue weighted by atomic mass is 10.1. The van der Waals surface area contributed by atoms with Crippen LogP contribution in [-0.4, -0.2) is 23.9 Å². The predicted octanol–water partition coefficient (Wildman–Crippen LogP) is 4.18. The maximum absolute atomic E-state index is 12.8. The van der Waals surface area contributed by atoms with E-state index in [1.807, 2.05) is 0 Å². The van der Waals surface area contributed by atoms with Gasteiger partial charge in [0.05, 0.1) is 22.3 Å². The Morgan fingerprint density at radius 2 is 1.76 bits per heavy atom. The van der Waals surface area contributed by atoms with E-state index < -0.39 is 21.5 Å². The molecule has 0 aliphatic carbocycles. The van der Waals surface area contributed by atoms with Gasteiger partial charge in [0.1, 0.15) is 5.82 Å². The molecule has 1 aromatic heterocycles. The van der Waals surface area contributed by atoms with Gasteiger partial charge in [0.15, 0.2) is 0 Å². The van der Waals surface area contributed by atoms with Crippen LogP contribution in [0.15, 0.2) is 76.4 Å². The number of aryl methyl sites for hydroxylation is 1. The number of aromatic nitrogens is 2. The zero-order valence-corrected chi connectivity index (χ0v) is 19.6. The van der Waals surface area contributed by atoms with Crippen LogP contribution in [0.3, 0.4) is 0 Å². The molecule has 168 valence electrons. The summed E-state index contributed by atoms with van der Waals surface area (Å²) in [6.07, 6.45) is 0. The minimum atomic E-state index is -4.06. The molecule has 7 nitrogen and oxygen atoms in total. The Morgan fingerprint density at radius 3 is 2.45 bits per heavy atom. The van der Waals surface area contributed by atoms with E-state index in [4.69, 9.17) is 23.2 Å². The Morgan fingerprint density at radius 1 is 1.03 bits per heavy atom. The number of nitrogens with zero attached hydrogens (tertiary/aromatic N) is 2. The Kier molecular flexibility index (Phi) is 6.25. The van der Waals surface area contributed by atoms with Gasteiger partial charge in [0.2, 0.25) is 0 Å². The lowest BCUT2D eigenvalue weighted by Gasteiger charge is -2.16. The molecule has 0 fully saturated rings. The fourth-order valence-electron chi connectivity index (χ4n) is 3.38. The summed E-state index contributed by atoms with van der Waals surface area (Å²) in [4.78, 5) is 29.3. The van der Waals surface area contributed by atoms with Crippen molar-refractivity contribution in [2.45, 2.75) is 18.4 Å². The highest BCUT2D eigenvalue weighted by molar-refractivity contribution is 7.90. The lowest BCUT2D eigenvalue weighted by molar-refractivity contribution is 0.0981. The number of amides is 1. The van der Waals surface area contributed by atoms with E-state index in [1.165, 1.54) is 30.3 Å². The smallest absolute Gasteiger partial charge is 0.280 e. The van der Waals surface area contributed by atoms with E-state index in [9.17, 15) is 18.0 Å². The van der Waals surface area contributed by atoms with Crippen molar-refractivity contribution in [1.29, 1.82) is 0 Å². The number of benzene rings is 3. The maximum atomic E-state index is 12.8. The van der Waals surface area contributed by atoms with Crippen molar-refractivity contribution in [3.8, 4) is 0 Å². The van der Waals surface area contributed by atoms with Crippen LogP contribution in [0.2, 0.25) is 10.0 Å². The Balaban J connectivity index is 1.76. The van der Waals surface area contributed by atoms with Crippen molar-refractivity contribution in [2.24, 2.45) is 0 Å². The zero-order chi connectivity index (χ0) is 23.8. The number of fused-ring (bicyclic) bond motifs is 1. The molecule has 0 unspecified atom stereocenters. The first-order valence-corrected chi connectivity index (χ1v) is 12.0. The van der Waals surface area contributed by atoms with Gasteiger partial charge in [-0.3, -0.25) is 9.59 Å². The summed E-state index contributed by atoms with van der Waals surface area (Å²) >= 11 is 12.3. The van der Waals surface area contributed by atoms with Crippen LogP contribution in [0.4, 0.5) is 0 Å². The second-order valence-corrected chi connectivity index (χ2v) is 9.79. The molecule has 1 N–H and O–H groups in total. The summed E-state index contributed by atoms with van der Waals surface area (Å²) in [5.41, 5.74) is 0.772. The molecule has 3 aromatic carbocycles. The van der Waals surface area contributed by atoms with E-state index >= 15 is 0 Å². The second-order valence-electron chi connectivity index (χ2n) is 7.27. The second kappa shape index (κ2) is 8.97. The molecule has 0 saturated carbocycles. The number of hydrogen-bond acceptors (Lipinski definition) is 5. The van der Waals surface area contributed by atoms with Crippen molar-refractivity contribution < 1.29 is 13.2 Å². The predicted molar refractivity (Wildman–Crippen MR) is 127 cm³/mol. The summed E-state index contributed by atoms with van der Waals surface area (Å²) in [6.45, 7) is 1.93. The first-order valence-electron chi connectivity index (χ1n) is 9.73. The van der Waals surface area contributed by atoms with Crippen molar-refractivity contribution >= 4 is 50.0 Å². The quantitative estimate of drug-likeness (QED) is 0.442.